The molecule has 0 saturated heterocycles. The summed E-state index contributed by atoms with van der Waals surface area (Å²) in [5.74, 6) is 5.39. The highest BCUT2D eigenvalue weighted by Gasteiger charge is 2.13. The van der Waals surface area contributed by atoms with Crippen LogP contribution in [0.15, 0.2) is 16.5 Å². The van der Waals surface area contributed by atoms with Crippen LogP contribution in [0.2, 0.25) is 0 Å². The van der Waals surface area contributed by atoms with Crippen LogP contribution in [0.4, 0.5) is 0 Å². The second-order valence-electron chi connectivity index (χ2n) is 3.87. The van der Waals surface area contributed by atoms with Crippen LogP contribution in [0.5, 0.6) is 0 Å². The zero-order valence-electron chi connectivity index (χ0n) is 9.93. The van der Waals surface area contributed by atoms with E-state index in [9.17, 15) is 4.79 Å². The van der Waals surface area contributed by atoms with Gasteiger partial charge in [0, 0.05) is 6.04 Å². The predicted octanol–water partition coefficient (Wildman–Crippen LogP) is 0.617. The normalized spacial score (nSPS) is 12.2. The molecule has 0 aliphatic carbocycles. The van der Waals surface area contributed by atoms with E-state index in [1.807, 2.05) is 24.3 Å². The summed E-state index contributed by atoms with van der Waals surface area (Å²) in [6.45, 7) is 2.50. The maximum Gasteiger partial charge on any atom is 0.300 e. The Bertz CT molecular complexity index is 421. The summed E-state index contributed by atoms with van der Waals surface area (Å²) in [6.07, 6.45) is 0.452. The zero-order chi connectivity index (χ0) is 12.8. The van der Waals surface area contributed by atoms with Gasteiger partial charge in [0.25, 0.3) is 0 Å². The molecule has 0 aliphatic heterocycles. The number of hydrogen-bond donors (Lipinski definition) is 2. The Labute approximate surface area is 100.0 Å². The smallest absolute Gasteiger partial charge is 0.300 e. The molecule has 0 aromatic carbocycles. The average molecular weight is 236 g/mol. The zero-order valence-corrected chi connectivity index (χ0v) is 9.93. The number of nitriles is 1. The molecule has 1 atom stereocenters. The van der Waals surface area contributed by atoms with Gasteiger partial charge in [-0.05, 0) is 26.1 Å². The molecule has 1 amide bonds. The van der Waals surface area contributed by atoms with Gasteiger partial charge in [0.05, 0.1) is 19.0 Å². The van der Waals surface area contributed by atoms with Crippen molar-refractivity contribution in [2.75, 3.05) is 7.05 Å². The Morgan fingerprint density at radius 2 is 2.41 bits per heavy atom. The minimum atomic E-state index is -0.455. The molecule has 0 saturated carbocycles. The number of hydrogen-bond acceptors (Lipinski definition) is 5. The molecule has 0 aliphatic rings. The fourth-order valence-corrected chi connectivity index (χ4v) is 1.35. The molecule has 0 fully saturated rings. The van der Waals surface area contributed by atoms with Gasteiger partial charge in [0.15, 0.2) is 5.76 Å². The first kappa shape index (κ1) is 13.2. The van der Waals surface area contributed by atoms with E-state index in [2.05, 4.69) is 6.07 Å². The van der Waals surface area contributed by atoms with Crippen LogP contribution >= 0.6 is 0 Å². The standard InChI is InChI=1S/C11H16N4O2/c1-8(5-6-12)15(2)7-9-3-4-10(17-9)11(16)14-13/h3-4,8H,5,7,13H2,1-2H3,(H,14,16). The van der Waals surface area contributed by atoms with E-state index in [4.69, 9.17) is 15.5 Å². The van der Waals surface area contributed by atoms with Gasteiger partial charge in [-0.1, -0.05) is 0 Å². The average Bonchev–Trinajstić information content (AvgIpc) is 2.76. The van der Waals surface area contributed by atoms with Crippen LogP contribution in [0.3, 0.4) is 0 Å². The number of nitrogen functional groups attached to an aromatic ring is 1. The van der Waals surface area contributed by atoms with Gasteiger partial charge >= 0.3 is 5.91 Å². The second kappa shape index (κ2) is 6.03. The van der Waals surface area contributed by atoms with Crippen molar-refractivity contribution in [3.05, 3.63) is 23.7 Å². The number of hydrazine groups is 1. The third-order valence-electron chi connectivity index (χ3n) is 2.56. The molecular formula is C11H16N4O2. The van der Waals surface area contributed by atoms with E-state index < -0.39 is 5.91 Å². The lowest BCUT2D eigenvalue weighted by molar-refractivity contribution is 0.0922. The Kier molecular flexibility index (Phi) is 4.69. The number of nitrogens with zero attached hydrogens (tertiary/aromatic N) is 2. The summed E-state index contributed by atoms with van der Waals surface area (Å²) in [5.41, 5.74) is 2.00. The Hall–Kier alpha value is -1.84. The lowest BCUT2D eigenvalue weighted by Gasteiger charge is -2.20. The molecule has 0 bridgehead atoms. The Morgan fingerprint density at radius 1 is 1.71 bits per heavy atom. The summed E-state index contributed by atoms with van der Waals surface area (Å²) in [6, 6.07) is 5.54. The monoisotopic (exact) mass is 236 g/mol. The maximum atomic E-state index is 11.2. The highest BCUT2D eigenvalue weighted by Crippen LogP contribution is 2.12. The number of carbonyl (C=O) groups excluding carboxylic acids is 1. The first-order valence-electron chi connectivity index (χ1n) is 5.25. The molecule has 0 radical (unpaired) electrons. The van der Waals surface area contributed by atoms with Gasteiger partial charge in [-0.2, -0.15) is 5.26 Å². The molecule has 17 heavy (non-hydrogen) atoms. The van der Waals surface area contributed by atoms with Crippen LogP contribution in [-0.4, -0.2) is 23.9 Å². The molecular weight excluding hydrogens is 220 g/mol. The minimum Gasteiger partial charge on any atom is -0.455 e. The fourth-order valence-electron chi connectivity index (χ4n) is 1.35. The van der Waals surface area contributed by atoms with Crippen LogP contribution < -0.4 is 11.3 Å². The molecule has 1 unspecified atom stereocenters. The predicted molar refractivity (Wildman–Crippen MR) is 61.5 cm³/mol. The molecule has 3 N–H and O–H groups in total. The van der Waals surface area contributed by atoms with Gasteiger partial charge in [0.1, 0.15) is 5.76 Å². The Balaban J connectivity index is 2.60. The van der Waals surface area contributed by atoms with Crippen molar-refractivity contribution in [2.24, 2.45) is 5.84 Å². The number of nitrogens with one attached hydrogen (secondary N) is 1. The van der Waals surface area contributed by atoms with E-state index in [1.54, 1.807) is 12.1 Å². The van der Waals surface area contributed by atoms with Crippen molar-refractivity contribution in [3.8, 4) is 6.07 Å². The first-order valence-corrected chi connectivity index (χ1v) is 5.25. The number of rotatable bonds is 5. The molecule has 0 spiro atoms. The lowest BCUT2D eigenvalue weighted by Crippen LogP contribution is -2.29. The van der Waals surface area contributed by atoms with Crippen molar-refractivity contribution in [3.63, 3.8) is 0 Å². The number of furan rings is 1. The Morgan fingerprint density at radius 3 is 3.00 bits per heavy atom. The summed E-state index contributed by atoms with van der Waals surface area (Å²) in [7, 11) is 1.90. The van der Waals surface area contributed by atoms with Gasteiger partial charge in [-0.3, -0.25) is 15.1 Å². The third kappa shape index (κ3) is 3.59. The summed E-state index contributed by atoms with van der Waals surface area (Å²) in [4.78, 5) is 13.1. The van der Waals surface area contributed by atoms with Gasteiger partial charge < -0.3 is 4.42 Å². The van der Waals surface area contributed by atoms with Crippen LogP contribution in [0.1, 0.15) is 29.7 Å². The lowest BCUT2D eigenvalue weighted by atomic mass is 10.2. The van der Waals surface area contributed by atoms with Gasteiger partial charge in [-0.25, -0.2) is 5.84 Å². The SMILES string of the molecule is CC(CC#N)N(C)Cc1ccc(C(=O)NN)o1. The van der Waals surface area contributed by atoms with Gasteiger partial charge in [-0.15, -0.1) is 0 Å². The molecule has 1 heterocycles. The molecule has 1 rings (SSSR count). The second-order valence-corrected chi connectivity index (χ2v) is 3.87. The topological polar surface area (TPSA) is 95.3 Å². The van der Waals surface area contributed by atoms with Gasteiger partial charge in [0.2, 0.25) is 0 Å². The molecule has 92 valence electrons. The van der Waals surface area contributed by atoms with E-state index >= 15 is 0 Å². The van der Waals surface area contributed by atoms with Crippen molar-refractivity contribution in [1.82, 2.24) is 10.3 Å². The molecule has 6 nitrogen and oxygen atoms in total. The number of nitrogens with two attached hydrogens (primary N) is 1. The van der Waals surface area contributed by atoms with Crippen LogP contribution in [0.25, 0.3) is 0 Å². The highest BCUT2D eigenvalue weighted by molar-refractivity contribution is 5.90. The highest BCUT2D eigenvalue weighted by atomic mass is 16.4. The summed E-state index contributed by atoms with van der Waals surface area (Å²) in [5, 5.41) is 8.59. The van der Waals surface area contributed by atoms with E-state index in [0.717, 1.165) is 0 Å². The third-order valence-corrected chi connectivity index (χ3v) is 2.56. The largest absolute Gasteiger partial charge is 0.455 e. The number of carbonyl (C=O) groups is 1. The van der Waals surface area contributed by atoms with Crippen molar-refractivity contribution in [2.45, 2.75) is 25.9 Å². The van der Waals surface area contributed by atoms with E-state index in [-0.39, 0.29) is 11.8 Å². The minimum absolute atomic E-state index is 0.136. The van der Waals surface area contributed by atoms with E-state index in [0.29, 0.717) is 18.7 Å². The molecule has 6 heteroatoms. The van der Waals surface area contributed by atoms with Crippen LogP contribution in [0, 0.1) is 11.3 Å². The quantitative estimate of drug-likeness (QED) is 0.444. The van der Waals surface area contributed by atoms with Crippen molar-refractivity contribution >= 4 is 5.91 Å². The van der Waals surface area contributed by atoms with E-state index in [1.165, 1.54) is 0 Å². The maximum absolute atomic E-state index is 11.2. The molecule has 1 aromatic heterocycles. The fraction of sp³-hybridized carbons (Fsp3) is 0.455. The first-order chi connectivity index (χ1) is 8.08. The number of amides is 1. The van der Waals surface area contributed by atoms with Crippen molar-refractivity contribution < 1.29 is 9.21 Å². The van der Waals surface area contributed by atoms with Crippen molar-refractivity contribution in [1.29, 1.82) is 5.26 Å². The molecule has 1 aromatic rings. The summed E-state index contributed by atoms with van der Waals surface area (Å²) >= 11 is 0. The van der Waals surface area contributed by atoms with Crippen LogP contribution in [-0.2, 0) is 6.54 Å². The summed E-state index contributed by atoms with van der Waals surface area (Å²) < 4.78 is 5.32.